The molecule has 22 heavy (non-hydrogen) atoms. The molecule has 0 aliphatic carbocycles. The number of carboxylic acid groups (broad SMARTS) is 1. The first-order chi connectivity index (χ1) is 10.6. The van der Waals surface area contributed by atoms with Gasteiger partial charge in [0.1, 0.15) is 22.6 Å². The summed E-state index contributed by atoms with van der Waals surface area (Å²) in [7, 11) is 3.12. The number of fused-ring (bicyclic) bond motifs is 1. The fourth-order valence-corrected chi connectivity index (χ4v) is 2.54. The van der Waals surface area contributed by atoms with Gasteiger partial charge in [-0.3, -0.25) is 4.98 Å². The molecule has 118 valence electrons. The number of aromatic carboxylic acids is 1. The second-order valence-electron chi connectivity index (χ2n) is 4.72. The molecule has 1 aromatic heterocycles. The van der Waals surface area contributed by atoms with Crippen LogP contribution in [0.2, 0.25) is 0 Å². The fraction of sp³-hybridized carbons (Fsp3) is 0.375. The Morgan fingerprint density at radius 3 is 2.41 bits per heavy atom. The largest absolute Gasteiger partial charge is 0.497 e. The van der Waals surface area contributed by atoms with Crippen LogP contribution in [0.1, 0.15) is 24.2 Å². The lowest BCUT2D eigenvalue weighted by atomic mass is 10.1. The third kappa shape index (κ3) is 2.64. The van der Waals surface area contributed by atoms with Gasteiger partial charge in [0.2, 0.25) is 0 Å². The lowest BCUT2D eigenvalue weighted by molar-refractivity contribution is 0.0697. The van der Waals surface area contributed by atoms with Crippen LogP contribution in [0.3, 0.4) is 0 Å². The van der Waals surface area contributed by atoms with E-state index in [9.17, 15) is 9.90 Å². The highest BCUT2D eigenvalue weighted by Crippen LogP contribution is 2.37. The van der Waals surface area contributed by atoms with E-state index in [-0.39, 0.29) is 5.56 Å². The van der Waals surface area contributed by atoms with Gasteiger partial charge in [-0.2, -0.15) is 0 Å². The standard InChI is InChI=1S/C16H20N2O4/c1-5-18(6-2)15-11-7-10(21-3)8-13(22-4)14(11)17-9-12(15)16(19)20/h7-9H,5-6H2,1-4H3,(H,19,20). The van der Waals surface area contributed by atoms with E-state index in [0.29, 0.717) is 41.2 Å². The number of rotatable bonds is 6. The molecule has 0 bridgehead atoms. The molecule has 0 spiro atoms. The highest BCUT2D eigenvalue weighted by Gasteiger charge is 2.21. The predicted molar refractivity (Wildman–Crippen MR) is 85.4 cm³/mol. The van der Waals surface area contributed by atoms with Crippen LogP contribution in [0.5, 0.6) is 11.5 Å². The second kappa shape index (κ2) is 6.51. The lowest BCUT2D eigenvalue weighted by Crippen LogP contribution is -2.24. The van der Waals surface area contributed by atoms with E-state index in [1.54, 1.807) is 26.4 Å². The van der Waals surface area contributed by atoms with Crippen molar-refractivity contribution in [1.82, 2.24) is 4.98 Å². The topological polar surface area (TPSA) is 71.9 Å². The van der Waals surface area contributed by atoms with Gasteiger partial charge in [-0.15, -0.1) is 0 Å². The van der Waals surface area contributed by atoms with Crippen molar-refractivity contribution in [3.8, 4) is 11.5 Å². The molecule has 0 saturated heterocycles. The SMILES string of the molecule is CCN(CC)c1c(C(=O)O)cnc2c(OC)cc(OC)cc12. The Morgan fingerprint density at radius 1 is 1.23 bits per heavy atom. The Labute approximate surface area is 129 Å². The minimum atomic E-state index is -1.00. The van der Waals surface area contributed by atoms with Crippen molar-refractivity contribution in [2.45, 2.75) is 13.8 Å². The van der Waals surface area contributed by atoms with Gasteiger partial charge in [0, 0.05) is 30.7 Å². The van der Waals surface area contributed by atoms with Gasteiger partial charge in [0.25, 0.3) is 0 Å². The summed E-state index contributed by atoms with van der Waals surface area (Å²) in [6.07, 6.45) is 1.38. The Kier molecular flexibility index (Phi) is 4.70. The van der Waals surface area contributed by atoms with E-state index < -0.39 is 5.97 Å². The van der Waals surface area contributed by atoms with Gasteiger partial charge in [-0.25, -0.2) is 4.79 Å². The molecule has 2 aromatic rings. The van der Waals surface area contributed by atoms with Crippen molar-refractivity contribution in [3.05, 3.63) is 23.9 Å². The minimum Gasteiger partial charge on any atom is -0.497 e. The summed E-state index contributed by atoms with van der Waals surface area (Å²) in [5, 5.41) is 10.2. The maximum atomic E-state index is 11.6. The van der Waals surface area contributed by atoms with E-state index >= 15 is 0 Å². The average molecular weight is 304 g/mol. The quantitative estimate of drug-likeness (QED) is 0.884. The van der Waals surface area contributed by atoms with Gasteiger partial charge in [0.05, 0.1) is 19.9 Å². The van der Waals surface area contributed by atoms with Crippen LogP contribution in [0.4, 0.5) is 5.69 Å². The molecule has 0 fully saturated rings. The normalized spacial score (nSPS) is 10.5. The minimum absolute atomic E-state index is 0.173. The number of carbonyl (C=O) groups is 1. The van der Waals surface area contributed by atoms with Crippen LogP contribution in [-0.4, -0.2) is 43.4 Å². The van der Waals surface area contributed by atoms with E-state index in [2.05, 4.69) is 4.98 Å². The number of pyridine rings is 1. The number of aromatic nitrogens is 1. The molecule has 0 aliphatic heterocycles. The zero-order chi connectivity index (χ0) is 16.3. The third-order valence-electron chi connectivity index (χ3n) is 3.65. The van der Waals surface area contributed by atoms with E-state index in [4.69, 9.17) is 9.47 Å². The molecule has 2 rings (SSSR count). The molecular weight excluding hydrogens is 284 g/mol. The number of ether oxygens (including phenoxy) is 2. The highest BCUT2D eigenvalue weighted by atomic mass is 16.5. The molecule has 0 atom stereocenters. The first-order valence-electron chi connectivity index (χ1n) is 7.10. The second-order valence-corrected chi connectivity index (χ2v) is 4.72. The van der Waals surface area contributed by atoms with Gasteiger partial charge in [-0.1, -0.05) is 0 Å². The number of nitrogens with zero attached hydrogens (tertiary/aromatic N) is 2. The molecule has 0 unspecified atom stereocenters. The smallest absolute Gasteiger partial charge is 0.339 e. The van der Waals surface area contributed by atoms with Gasteiger partial charge >= 0.3 is 5.97 Å². The first-order valence-corrected chi connectivity index (χ1v) is 7.10. The summed E-state index contributed by atoms with van der Waals surface area (Å²) in [6.45, 7) is 5.35. The molecule has 1 aromatic carbocycles. The lowest BCUT2D eigenvalue weighted by Gasteiger charge is -2.25. The molecule has 1 N–H and O–H groups in total. The van der Waals surface area contributed by atoms with Crippen LogP contribution in [0, 0.1) is 0 Å². The zero-order valence-electron chi connectivity index (χ0n) is 13.2. The Hall–Kier alpha value is -2.50. The third-order valence-corrected chi connectivity index (χ3v) is 3.65. The maximum Gasteiger partial charge on any atom is 0.339 e. The maximum absolute atomic E-state index is 11.6. The highest BCUT2D eigenvalue weighted by molar-refractivity contribution is 6.06. The first kappa shape index (κ1) is 15.9. The average Bonchev–Trinajstić information content (AvgIpc) is 2.54. The Bertz CT molecular complexity index is 696. The van der Waals surface area contributed by atoms with Gasteiger partial charge in [0.15, 0.2) is 0 Å². The van der Waals surface area contributed by atoms with Crippen LogP contribution in [0.15, 0.2) is 18.3 Å². The van der Waals surface area contributed by atoms with E-state index in [1.165, 1.54) is 6.20 Å². The van der Waals surface area contributed by atoms with E-state index in [0.717, 1.165) is 0 Å². The van der Waals surface area contributed by atoms with E-state index in [1.807, 2.05) is 18.7 Å². The summed E-state index contributed by atoms with van der Waals surface area (Å²) >= 11 is 0. The number of hydrogen-bond acceptors (Lipinski definition) is 5. The number of hydrogen-bond donors (Lipinski definition) is 1. The zero-order valence-corrected chi connectivity index (χ0v) is 13.2. The molecule has 1 heterocycles. The summed E-state index contributed by atoms with van der Waals surface area (Å²) in [5.74, 6) is 0.153. The van der Waals surface area contributed by atoms with Crippen molar-refractivity contribution >= 4 is 22.6 Å². The molecule has 0 aliphatic rings. The molecular formula is C16H20N2O4. The monoisotopic (exact) mass is 304 g/mol. The van der Waals surface area contributed by atoms with Crippen LogP contribution in [-0.2, 0) is 0 Å². The van der Waals surface area contributed by atoms with Crippen LogP contribution >= 0.6 is 0 Å². The Balaban J connectivity index is 2.90. The summed E-state index contributed by atoms with van der Waals surface area (Å²) in [4.78, 5) is 17.8. The van der Waals surface area contributed by atoms with Crippen molar-refractivity contribution in [3.63, 3.8) is 0 Å². The molecule has 0 saturated carbocycles. The molecule has 6 heteroatoms. The molecule has 0 radical (unpaired) electrons. The van der Waals surface area contributed by atoms with Crippen molar-refractivity contribution < 1.29 is 19.4 Å². The van der Waals surface area contributed by atoms with Crippen molar-refractivity contribution in [2.75, 3.05) is 32.2 Å². The predicted octanol–water partition coefficient (Wildman–Crippen LogP) is 2.80. The fourth-order valence-electron chi connectivity index (χ4n) is 2.54. The van der Waals surface area contributed by atoms with Gasteiger partial charge < -0.3 is 19.5 Å². The number of methoxy groups -OCH3 is 2. The number of benzene rings is 1. The van der Waals surface area contributed by atoms with Crippen LogP contribution < -0.4 is 14.4 Å². The molecule has 6 nitrogen and oxygen atoms in total. The summed E-state index contributed by atoms with van der Waals surface area (Å²) < 4.78 is 10.7. The van der Waals surface area contributed by atoms with Crippen molar-refractivity contribution in [2.24, 2.45) is 0 Å². The molecule has 0 amide bonds. The van der Waals surface area contributed by atoms with Gasteiger partial charge in [-0.05, 0) is 19.9 Å². The van der Waals surface area contributed by atoms with Crippen molar-refractivity contribution in [1.29, 1.82) is 0 Å². The summed E-state index contributed by atoms with van der Waals surface area (Å²) in [6, 6.07) is 3.53. The van der Waals surface area contributed by atoms with Crippen LogP contribution in [0.25, 0.3) is 10.9 Å². The summed E-state index contributed by atoms with van der Waals surface area (Å²) in [5.41, 5.74) is 1.43. The Morgan fingerprint density at radius 2 is 1.91 bits per heavy atom. The number of carboxylic acids is 1. The number of anilines is 1.